The number of nitrogens with one attached hydrogen (secondary N) is 1. The molecule has 1 saturated carbocycles. The summed E-state index contributed by atoms with van der Waals surface area (Å²) in [5.41, 5.74) is 0. The largest absolute Gasteiger partial charge is 0.355 e. The Morgan fingerprint density at radius 1 is 1.17 bits per heavy atom. The molecular weight excluding hydrogens is 228 g/mol. The first-order chi connectivity index (χ1) is 8.75. The van der Waals surface area contributed by atoms with Gasteiger partial charge in [-0.1, -0.05) is 12.8 Å². The van der Waals surface area contributed by atoms with Crippen molar-refractivity contribution in [2.75, 3.05) is 13.1 Å². The van der Waals surface area contributed by atoms with E-state index < -0.39 is 0 Å². The molecular formula is C14H22N2O2. The van der Waals surface area contributed by atoms with Gasteiger partial charge in [0.05, 0.1) is 5.92 Å². The van der Waals surface area contributed by atoms with Crippen molar-refractivity contribution in [2.24, 2.45) is 11.8 Å². The fourth-order valence-corrected chi connectivity index (χ4v) is 3.86. The molecule has 18 heavy (non-hydrogen) atoms. The van der Waals surface area contributed by atoms with Crippen LogP contribution in [0.1, 0.15) is 44.9 Å². The summed E-state index contributed by atoms with van der Waals surface area (Å²) in [7, 11) is 0. The average molecular weight is 250 g/mol. The number of hydrogen-bond acceptors (Lipinski definition) is 2. The van der Waals surface area contributed by atoms with E-state index in [1.165, 1.54) is 32.1 Å². The van der Waals surface area contributed by atoms with Crippen LogP contribution in [0.2, 0.25) is 0 Å². The summed E-state index contributed by atoms with van der Waals surface area (Å²) in [5.74, 6) is 1.17. The number of likely N-dealkylation sites (tertiary alicyclic amines) is 1. The van der Waals surface area contributed by atoms with E-state index in [1.54, 1.807) is 0 Å². The molecule has 2 saturated heterocycles. The fraction of sp³-hybridized carbons (Fsp3) is 0.857. The van der Waals surface area contributed by atoms with Crippen molar-refractivity contribution in [2.45, 2.75) is 51.0 Å². The minimum Gasteiger partial charge on any atom is -0.355 e. The van der Waals surface area contributed by atoms with Gasteiger partial charge in [-0.15, -0.1) is 0 Å². The lowest BCUT2D eigenvalue weighted by Gasteiger charge is -2.34. The van der Waals surface area contributed by atoms with Crippen molar-refractivity contribution in [3.8, 4) is 0 Å². The number of piperidine rings is 1. The normalized spacial score (nSPS) is 36.1. The van der Waals surface area contributed by atoms with Gasteiger partial charge in [-0.2, -0.15) is 0 Å². The second kappa shape index (κ2) is 4.90. The Hall–Kier alpha value is -1.06. The van der Waals surface area contributed by atoms with E-state index in [0.29, 0.717) is 24.9 Å². The smallest absolute Gasteiger partial charge is 0.227 e. The molecule has 3 atom stereocenters. The Labute approximate surface area is 108 Å². The van der Waals surface area contributed by atoms with Gasteiger partial charge in [0.2, 0.25) is 11.8 Å². The molecule has 0 spiro atoms. The van der Waals surface area contributed by atoms with Crippen molar-refractivity contribution in [3.63, 3.8) is 0 Å². The maximum Gasteiger partial charge on any atom is 0.227 e. The topological polar surface area (TPSA) is 49.4 Å². The first-order valence-corrected chi connectivity index (χ1v) is 7.33. The molecule has 0 aromatic rings. The minimum absolute atomic E-state index is 0.0309. The van der Waals surface area contributed by atoms with Crippen LogP contribution in [-0.2, 0) is 9.59 Å². The molecule has 3 fully saturated rings. The SMILES string of the molecule is O=C1CCC(C(=O)N2CCC3CCCCC32)CN1. The highest BCUT2D eigenvalue weighted by Crippen LogP contribution is 2.37. The molecule has 4 heteroatoms. The van der Waals surface area contributed by atoms with Gasteiger partial charge in [0.1, 0.15) is 0 Å². The van der Waals surface area contributed by atoms with E-state index in [0.717, 1.165) is 18.9 Å². The minimum atomic E-state index is 0.0309. The first kappa shape index (κ1) is 12.0. The van der Waals surface area contributed by atoms with E-state index in [2.05, 4.69) is 10.2 Å². The Morgan fingerprint density at radius 2 is 2.00 bits per heavy atom. The van der Waals surface area contributed by atoms with E-state index in [4.69, 9.17) is 0 Å². The van der Waals surface area contributed by atoms with Gasteiger partial charge in [-0.05, 0) is 31.6 Å². The van der Waals surface area contributed by atoms with Gasteiger partial charge < -0.3 is 10.2 Å². The van der Waals surface area contributed by atoms with Crippen LogP contribution in [0.3, 0.4) is 0 Å². The molecule has 3 aliphatic rings. The number of nitrogens with zero attached hydrogens (tertiary/aromatic N) is 1. The lowest BCUT2D eigenvalue weighted by atomic mass is 9.85. The second-order valence-corrected chi connectivity index (χ2v) is 5.97. The molecule has 0 bridgehead atoms. The predicted molar refractivity (Wildman–Crippen MR) is 67.8 cm³/mol. The van der Waals surface area contributed by atoms with Crippen LogP contribution in [0.5, 0.6) is 0 Å². The summed E-state index contributed by atoms with van der Waals surface area (Å²) in [6.07, 6.45) is 7.53. The van der Waals surface area contributed by atoms with E-state index >= 15 is 0 Å². The molecule has 0 radical (unpaired) electrons. The molecule has 2 amide bonds. The highest BCUT2D eigenvalue weighted by atomic mass is 16.2. The van der Waals surface area contributed by atoms with Gasteiger partial charge in [0.15, 0.2) is 0 Å². The zero-order valence-corrected chi connectivity index (χ0v) is 10.9. The maximum atomic E-state index is 12.5. The zero-order valence-electron chi connectivity index (χ0n) is 10.9. The summed E-state index contributed by atoms with van der Waals surface area (Å²) >= 11 is 0. The molecule has 2 aliphatic heterocycles. The number of carbonyl (C=O) groups excluding carboxylic acids is 2. The van der Waals surface area contributed by atoms with E-state index in [-0.39, 0.29) is 11.8 Å². The Morgan fingerprint density at radius 3 is 2.78 bits per heavy atom. The number of fused-ring (bicyclic) bond motifs is 1. The molecule has 3 unspecified atom stereocenters. The number of carbonyl (C=O) groups is 2. The summed E-state index contributed by atoms with van der Waals surface area (Å²) in [6.45, 7) is 1.49. The lowest BCUT2D eigenvalue weighted by molar-refractivity contribution is -0.139. The van der Waals surface area contributed by atoms with Crippen molar-refractivity contribution in [1.82, 2.24) is 10.2 Å². The first-order valence-electron chi connectivity index (χ1n) is 7.33. The van der Waals surface area contributed by atoms with Crippen LogP contribution in [0.25, 0.3) is 0 Å². The van der Waals surface area contributed by atoms with Crippen LogP contribution in [0.4, 0.5) is 0 Å². The van der Waals surface area contributed by atoms with Gasteiger partial charge in [0.25, 0.3) is 0 Å². The molecule has 2 heterocycles. The van der Waals surface area contributed by atoms with Gasteiger partial charge in [-0.3, -0.25) is 9.59 Å². The average Bonchev–Trinajstić information content (AvgIpc) is 2.82. The van der Waals surface area contributed by atoms with Crippen molar-refractivity contribution in [3.05, 3.63) is 0 Å². The summed E-state index contributed by atoms with van der Waals surface area (Å²) < 4.78 is 0. The highest BCUT2D eigenvalue weighted by molar-refractivity contribution is 5.84. The molecule has 1 aliphatic carbocycles. The number of hydrogen-bond donors (Lipinski definition) is 1. The third-order valence-electron chi connectivity index (χ3n) is 4.91. The fourth-order valence-electron chi connectivity index (χ4n) is 3.86. The summed E-state index contributed by atoms with van der Waals surface area (Å²) in [4.78, 5) is 25.8. The number of rotatable bonds is 1. The quantitative estimate of drug-likeness (QED) is 0.762. The van der Waals surface area contributed by atoms with Crippen LogP contribution in [-0.4, -0.2) is 35.8 Å². The Bertz CT molecular complexity index is 346. The number of amides is 2. The van der Waals surface area contributed by atoms with Crippen LogP contribution in [0.15, 0.2) is 0 Å². The summed E-state index contributed by atoms with van der Waals surface area (Å²) in [6, 6.07) is 0.504. The second-order valence-electron chi connectivity index (χ2n) is 5.97. The molecule has 4 nitrogen and oxygen atoms in total. The summed E-state index contributed by atoms with van der Waals surface area (Å²) in [5, 5.41) is 2.82. The van der Waals surface area contributed by atoms with E-state index in [9.17, 15) is 9.59 Å². The third kappa shape index (κ3) is 2.13. The van der Waals surface area contributed by atoms with Crippen LogP contribution >= 0.6 is 0 Å². The zero-order chi connectivity index (χ0) is 12.5. The van der Waals surface area contributed by atoms with Crippen LogP contribution in [0, 0.1) is 11.8 Å². The van der Waals surface area contributed by atoms with Gasteiger partial charge in [0, 0.05) is 25.6 Å². The molecule has 100 valence electrons. The Kier molecular flexibility index (Phi) is 3.27. The highest BCUT2D eigenvalue weighted by Gasteiger charge is 2.40. The molecule has 1 N–H and O–H groups in total. The van der Waals surface area contributed by atoms with Crippen molar-refractivity contribution < 1.29 is 9.59 Å². The molecule has 0 aromatic heterocycles. The maximum absolute atomic E-state index is 12.5. The molecule has 3 rings (SSSR count). The van der Waals surface area contributed by atoms with Gasteiger partial charge >= 0.3 is 0 Å². The van der Waals surface area contributed by atoms with Crippen molar-refractivity contribution >= 4 is 11.8 Å². The predicted octanol–water partition coefficient (Wildman–Crippen LogP) is 1.30. The molecule has 0 aromatic carbocycles. The lowest BCUT2D eigenvalue weighted by Crippen LogP contribution is -2.47. The monoisotopic (exact) mass is 250 g/mol. The van der Waals surface area contributed by atoms with Crippen LogP contribution < -0.4 is 5.32 Å². The van der Waals surface area contributed by atoms with Gasteiger partial charge in [-0.25, -0.2) is 0 Å². The van der Waals surface area contributed by atoms with E-state index in [1.807, 2.05) is 0 Å². The Balaban J connectivity index is 1.63. The van der Waals surface area contributed by atoms with Crippen molar-refractivity contribution in [1.29, 1.82) is 0 Å². The standard InChI is InChI=1S/C14H22N2O2/c17-13-6-5-11(9-15-13)14(18)16-8-7-10-3-1-2-4-12(10)16/h10-12H,1-9H2,(H,15,17). The third-order valence-corrected chi connectivity index (χ3v) is 4.91.